The van der Waals surface area contributed by atoms with E-state index >= 15 is 0 Å². The van der Waals surface area contributed by atoms with Gasteiger partial charge in [-0.1, -0.05) is 12.8 Å². The van der Waals surface area contributed by atoms with Crippen molar-refractivity contribution in [2.45, 2.75) is 37.8 Å². The SMILES string of the molecule is N#Cc1ccc(N2CCOC3CCCCC32)cc1F. The van der Waals surface area contributed by atoms with Crippen LogP contribution in [0.15, 0.2) is 18.2 Å². The summed E-state index contributed by atoms with van der Waals surface area (Å²) < 4.78 is 19.6. The smallest absolute Gasteiger partial charge is 0.143 e. The largest absolute Gasteiger partial charge is 0.374 e. The van der Waals surface area contributed by atoms with Gasteiger partial charge in [-0.3, -0.25) is 0 Å². The minimum Gasteiger partial charge on any atom is -0.374 e. The first-order valence-corrected chi connectivity index (χ1v) is 6.87. The van der Waals surface area contributed by atoms with Crippen molar-refractivity contribution in [2.75, 3.05) is 18.1 Å². The van der Waals surface area contributed by atoms with E-state index in [1.807, 2.05) is 12.1 Å². The van der Waals surface area contributed by atoms with Crippen molar-refractivity contribution in [1.29, 1.82) is 5.26 Å². The number of nitrogens with zero attached hydrogens (tertiary/aromatic N) is 2. The van der Waals surface area contributed by atoms with Crippen LogP contribution in [0, 0.1) is 17.1 Å². The van der Waals surface area contributed by atoms with Crippen LogP contribution < -0.4 is 4.90 Å². The van der Waals surface area contributed by atoms with Crippen molar-refractivity contribution in [1.82, 2.24) is 0 Å². The third kappa shape index (κ3) is 2.31. The van der Waals surface area contributed by atoms with Gasteiger partial charge >= 0.3 is 0 Å². The van der Waals surface area contributed by atoms with Crippen LogP contribution in [0.1, 0.15) is 31.2 Å². The predicted molar refractivity (Wildman–Crippen MR) is 70.5 cm³/mol. The van der Waals surface area contributed by atoms with Gasteiger partial charge in [0.25, 0.3) is 0 Å². The van der Waals surface area contributed by atoms with Crippen molar-refractivity contribution in [2.24, 2.45) is 0 Å². The minimum atomic E-state index is -0.432. The summed E-state index contributed by atoms with van der Waals surface area (Å²) in [6.45, 7) is 1.50. The molecular weight excluding hydrogens is 243 g/mol. The molecule has 0 radical (unpaired) electrons. The summed E-state index contributed by atoms with van der Waals surface area (Å²) in [5.41, 5.74) is 0.980. The molecule has 0 spiro atoms. The number of halogens is 1. The van der Waals surface area contributed by atoms with Gasteiger partial charge in [-0.2, -0.15) is 5.26 Å². The third-order valence-electron chi connectivity index (χ3n) is 4.14. The van der Waals surface area contributed by atoms with Crippen LogP contribution in [0.2, 0.25) is 0 Å². The maximum Gasteiger partial charge on any atom is 0.143 e. The molecule has 1 heterocycles. The minimum absolute atomic E-state index is 0.109. The topological polar surface area (TPSA) is 36.3 Å². The van der Waals surface area contributed by atoms with Gasteiger partial charge in [0.15, 0.2) is 0 Å². The van der Waals surface area contributed by atoms with E-state index in [4.69, 9.17) is 10.00 Å². The lowest BCUT2D eigenvalue weighted by Crippen LogP contribution is -2.52. The number of nitriles is 1. The van der Waals surface area contributed by atoms with Crippen molar-refractivity contribution < 1.29 is 9.13 Å². The normalized spacial score (nSPS) is 26.6. The first kappa shape index (κ1) is 12.4. The molecule has 2 fully saturated rings. The first-order chi connectivity index (χ1) is 9.29. The van der Waals surface area contributed by atoms with Gasteiger partial charge in [-0.25, -0.2) is 4.39 Å². The molecule has 100 valence electrons. The van der Waals surface area contributed by atoms with Crippen molar-refractivity contribution in [3.05, 3.63) is 29.6 Å². The molecule has 2 unspecified atom stereocenters. The molecule has 19 heavy (non-hydrogen) atoms. The molecule has 1 saturated carbocycles. The Kier molecular flexibility index (Phi) is 3.39. The first-order valence-electron chi connectivity index (χ1n) is 6.87. The number of rotatable bonds is 1. The summed E-state index contributed by atoms with van der Waals surface area (Å²) in [6.07, 6.45) is 4.91. The molecule has 3 rings (SSSR count). The number of ether oxygens (including phenoxy) is 1. The Morgan fingerprint density at radius 1 is 1.32 bits per heavy atom. The van der Waals surface area contributed by atoms with Crippen LogP contribution in [0.5, 0.6) is 0 Å². The van der Waals surface area contributed by atoms with Crippen LogP contribution in [0.4, 0.5) is 10.1 Å². The van der Waals surface area contributed by atoms with Crippen LogP contribution in [0.25, 0.3) is 0 Å². The van der Waals surface area contributed by atoms with E-state index < -0.39 is 5.82 Å². The van der Waals surface area contributed by atoms with E-state index in [1.165, 1.54) is 18.9 Å². The van der Waals surface area contributed by atoms with Crippen molar-refractivity contribution in [3.8, 4) is 6.07 Å². The average Bonchev–Trinajstić information content (AvgIpc) is 2.46. The second-order valence-corrected chi connectivity index (χ2v) is 5.23. The van der Waals surface area contributed by atoms with E-state index in [0.29, 0.717) is 12.6 Å². The molecular formula is C15H17FN2O. The Morgan fingerprint density at radius 3 is 2.95 bits per heavy atom. The maximum absolute atomic E-state index is 13.7. The Hall–Kier alpha value is -1.60. The molecule has 0 bridgehead atoms. The fourth-order valence-corrected chi connectivity index (χ4v) is 3.19. The Bertz CT molecular complexity index is 509. The number of hydrogen-bond acceptors (Lipinski definition) is 3. The summed E-state index contributed by atoms with van der Waals surface area (Å²) >= 11 is 0. The second kappa shape index (κ2) is 5.18. The van der Waals surface area contributed by atoms with Crippen molar-refractivity contribution >= 4 is 5.69 Å². The maximum atomic E-state index is 13.7. The van der Waals surface area contributed by atoms with Gasteiger partial charge < -0.3 is 9.64 Å². The molecule has 1 aliphatic heterocycles. The highest BCUT2D eigenvalue weighted by Gasteiger charge is 2.34. The Morgan fingerprint density at radius 2 is 2.16 bits per heavy atom. The zero-order valence-corrected chi connectivity index (χ0v) is 10.8. The van der Waals surface area contributed by atoms with Crippen LogP contribution in [-0.2, 0) is 4.74 Å². The van der Waals surface area contributed by atoms with E-state index in [2.05, 4.69) is 4.90 Å². The van der Waals surface area contributed by atoms with Gasteiger partial charge in [-0.15, -0.1) is 0 Å². The van der Waals surface area contributed by atoms with Crippen LogP contribution in [0.3, 0.4) is 0 Å². The van der Waals surface area contributed by atoms with Gasteiger partial charge in [0.2, 0.25) is 0 Å². The molecule has 1 saturated heterocycles. The average molecular weight is 260 g/mol. The summed E-state index contributed by atoms with van der Waals surface area (Å²) in [7, 11) is 0. The number of morpholine rings is 1. The number of fused-ring (bicyclic) bond motifs is 1. The zero-order chi connectivity index (χ0) is 13.2. The summed E-state index contributed by atoms with van der Waals surface area (Å²) in [6, 6.07) is 7.11. The molecule has 4 heteroatoms. The number of anilines is 1. The Labute approximate surface area is 112 Å². The molecule has 2 atom stereocenters. The molecule has 3 nitrogen and oxygen atoms in total. The van der Waals surface area contributed by atoms with Gasteiger partial charge in [-0.05, 0) is 31.0 Å². The molecule has 0 amide bonds. The summed E-state index contributed by atoms with van der Waals surface area (Å²) in [4.78, 5) is 2.25. The van der Waals surface area contributed by atoms with Crippen LogP contribution in [-0.4, -0.2) is 25.3 Å². The number of benzene rings is 1. The van der Waals surface area contributed by atoms with E-state index in [-0.39, 0.29) is 11.7 Å². The van der Waals surface area contributed by atoms with Gasteiger partial charge in [0, 0.05) is 12.2 Å². The monoisotopic (exact) mass is 260 g/mol. The molecule has 0 N–H and O–H groups in total. The lowest BCUT2D eigenvalue weighted by Gasteiger charge is -2.45. The number of hydrogen-bond donors (Lipinski definition) is 0. The summed E-state index contributed by atoms with van der Waals surface area (Å²) in [5, 5.41) is 8.78. The van der Waals surface area contributed by atoms with Crippen molar-refractivity contribution in [3.63, 3.8) is 0 Å². The lowest BCUT2D eigenvalue weighted by molar-refractivity contribution is -0.00869. The fourth-order valence-electron chi connectivity index (χ4n) is 3.19. The Balaban J connectivity index is 1.88. The quantitative estimate of drug-likeness (QED) is 0.779. The second-order valence-electron chi connectivity index (χ2n) is 5.23. The predicted octanol–water partition coefficient (Wildman–Crippen LogP) is 2.85. The molecule has 0 aromatic heterocycles. The van der Waals surface area contributed by atoms with Gasteiger partial charge in [0.05, 0.1) is 24.3 Å². The molecule has 1 aromatic rings. The van der Waals surface area contributed by atoms with E-state index in [9.17, 15) is 4.39 Å². The van der Waals surface area contributed by atoms with Gasteiger partial charge in [0.1, 0.15) is 11.9 Å². The van der Waals surface area contributed by atoms with Crippen LogP contribution >= 0.6 is 0 Å². The molecule has 1 aromatic carbocycles. The van der Waals surface area contributed by atoms with E-state index in [1.54, 1.807) is 6.07 Å². The highest BCUT2D eigenvalue weighted by atomic mass is 19.1. The highest BCUT2D eigenvalue weighted by Crippen LogP contribution is 2.32. The zero-order valence-electron chi connectivity index (χ0n) is 10.8. The molecule has 1 aliphatic carbocycles. The third-order valence-corrected chi connectivity index (χ3v) is 4.14. The fraction of sp³-hybridized carbons (Fsp3) is 0.533. The highest BCUT2D eigenvalue weighted by molar-refractivity contribution is 5.52. The lowest BCUT2D eigenvalue weighted by atomic mass is 9.89. The molecule has 2 aliphatic rings. The summed E-state index contributed by atoms with van der Waals surface area (Å²) in [5.74, 6) is -0.432. The standard InChI is InChI=1S/C15H17FN2O/c16-13-9-12(6-5-11(13)10-17)18-7-8-19-15-4-2-1-3-14(15)18/h5-6,9,14-15H,1-4,7-8H2. The van der Waals surface area contributed by atoms with E-state index in [0.717, 1.165) is 25.1 Å².